The molecule has 3 rings (SSSR count). The van der Waals surface area contributed by atoms with Gasteiger partial charge in [0.15, 0.2) is 6.29 Å². The fourth-order valence-corrected chi connectivity index (χ4v) is 2.96. The summed E-state index contributed by atoms with van der Waals surface area (Å²) in [6, 6.07) is 5.28. The van der Waals surface area contributed by atoms with Crippen LogP contribution in [-0.4, -0.2) is 37.1 Å². The smallest absolute Gasteiger partial charge is 0.338 e. The zero-order valence-corrected chi connectivity index (χ0v) is 13.8. The van der Waals surface area contributed by atoms with Crippen LogP contribution in [0.3, 0.4) is 0 Å². The first-order valence-corrected chi connectivity index (χ1v) is 7.96. The molecule has 2 aliphatic rings. The van der Waals surface area contributed by atoms with Gasteiger partial charge in [-0.3, -0.25) is 0 Å². The SMILES string of the molecule is CC(C)(C)OC(=O)c1ccc(N)c(NC2CO[C@H]3OCC[C@@H]23)c1. The number of esters is 1. The van der Waals surface area contributed by atoms with Crippen LogP contribution in [0, 0.1) is 5.92 Å². The Bertz CT molecular complexity index is 597. The van der Waals surface area contributed by atoms with Gasteiger partial charge in [-0.25, -0.2) is 4.79 Å². The summed E-state index contributed by atoms with van der Waals surface area (Å²) in [5, 5.41) is 3.40. The van der Waals surface area contributed by atoms with Gasteiger partial charge in [0.05, 0.1) is 36.2 Å². The van der Waals surface area contributed by atoms with Crippen molar-refractivity contribution in [1.29, 1.82) is 0 Å². The molecule has 126 valence electrons. The van der Waals surface area contributed by atoms with E-state index in [2.05, 4.69) is 5.32 Å². The van der Waals surface area contributed by atoms with Gasteiger partial charge in [0.25, 0.3) is 0 Å². The molecule has 0 aliphatic carbocycles. The van der Waals surface area contributed by atoms with E-state index in [0.717, 1.165) is 18.7 Å². The number of carbonyl (C=O) groups is 1. The highest BCUT2D eigenvalue weighted by Crippen LogP contribution is 2.34. The van der Waals surface area contributed by atoms with Gasteiger partial charge >= 0.3 is 5.97 Å². The number of nitrogen functional groups attached to an aromatic ring is 1. The third kappa shape index (κ3) is 3.59. The second-order valence-electron chi connectivity index (χ2n) is 7.08. The molecule has 0 radical (unpaired) electrons. The summed E-state index contributed by atoms with van der Waals surface area (Å²) >= 11 is 0. The maximum absolute atomic E-state index is 12.2. The number of hydrogen-bond donors (Lipinski definition) is 2. The van der Waals surface area contributed by atoms with Gasteiger partial charge in [-0.1, -0.05) is 0 Å². The molecule has 2 aliphatic heterocycles. The number of hydrogen-bond acceptors (Lipinski definition) is 6. The lowest BCUT2D eigenvalue weighted by atomic mass is 10.00. The van der Waals surface area contributed by atoms with Crippen molar-refractivity contribution in [3.8, 4) is 0 Å². The van der Waals surface area contributed by atoms with Crippen LogP contribution in [0.4, 0.5) is 11.4 Å². The first-order valence-electron chi connectivity index (χ1n) is 7.96. The van der Waals surface area contributed by atoms with Crippen molar-refractivity contribution in [2.75, 3.05) is 24.3 Å². The van der Waals surface area contributed by atoms with E-state index in [4.69, 9.17) is 19.9 Å². The lowest BCUT2D eigenvalue weighted by Crippen LogP contribution is -2.29. The number of nitrogens with one attached hydrogen (secondary N) is 1. The predicted molar refractivity (Wildman–Crippen MR) is 87.2 cm³/mol. The first-order chi connectivity index (χ1) is 10.8. The molecule has 2 fully saturated rings. The van der Waals surface area contributed by atoms with E-state index < -0.39 is 5.60 Å². The van der Waals surface area contributed by atoms with Crippen molar-refractivity contribution in [3.63, 3.8) is 0 Å². The van der Waals surface area contributed by atoms with Gasteiger partial charge in [0.1, 0.15) is 5.60 Å². The summed E-state index contributed by atoms with van der Waals surface area (Å²) < 4.78 is 16.6. The molecule has 23 heavy (non-hydrogen) atoms. The number of anilines is 2. The Morgan fingerprint density at radius 3 is 2.87 bits per heavy atom. The minimum Gasteiger partial charge on any atom is -0.456 e. The lowest BCUT2D eigenvalue weighted by Gasteiger charge is -2.21. The summed E-state index contributed by atoms with van der Waals surface area (Å²) in [4.78, 5) is 12.2. The van der Waals surface area contributed by atoms with Crippen LogP contribution in [0.2, 0.25) is 0 Å². The Morgan fingerprint density at radius 1 is 1.35 bits per heavy atom. The van der Waals surface area contributed by atoms with Crippen LogP contribution in [0.1, 0.15) is 37.6 Å². The van der Waals surface area contributed by atoms with E-state index in [1.807, 2.05) is 20.8 Å². The molecule has 0 amide bonds. The van der Waals surface area contributed by atoms with Crippen LogP contribution in [0.5, 0.6) is 0 Å². The molecule has 1 unspecified atom stereocenters. The number of rotatable bonds is 3. The quantitative estimate of drug-likeness (QED) is 0.657. The van der Waals surface area contributed by atoms with Gasteiger partial charge in [-0.15, -0.1) is 0 Å². The Balaban J connectivity index is 1.74. The molecule has 3 atom stereocenters. The molecular formula is C17H24N2O4. The largest absolute Gasteiger partial charge is 0.456 e. The maximum atomic E-state index is 12.2. The number of nitrogens with two attached hydrogens (primary N) is 1. The standard InChI is InChI=1S/C17H24N2O4/c1-17(2,3)23-15(20)10-4-5-12(18)13(8-10)19-14-9-22-16-11(14)6-7-21-16/h4-5,8,11,14,16,19H,6-7,9,18H2,1-3H3/t11-,14?,16+/m0/s1. The summed E-state index contributed by atoms with van der Waals surface area (Å²) in [7, 11) is 0. The van der Waals surface area contributed by atoms with Crippen molar-refractivity contribution in [3.05, 3.63) is 23.8 Å². The van der Waals surface area contributed by atoms with Gasteiger partial charge < -0.3 is 25.3 Å². The Hall–Kier alpha value is -1.79. The third-order valence-electron chi connectivity index (χ3n) is 4.07. The molecule has 3 N–H and O–H groups in total. The second-order valence-corrected chi connectivity index (χ2v) is 7.08. The van der Waals surface area contributed by atoms with Crippen molar-refractivity contribution >= 4 is 17.3 Å². The van der Waals surface area contributed by atoms with Crippen LogP contribution in [-0.2, 0) is 14.2 Å². The summed E-state index contributed by atoms with van der Waals surface area (Å²) in [6.07, 6.45) is 0.844. The minimum absolute atomic E-state index is 0.122. The molecule has 6 nitrogen and oxygen atoms in total. The average Bonchev–Trinajstić information content (AvgIpc) is 3.04. The molecule has 0 bridgehead atoms. The van der Waals surface area contributed by atoms with Gasteiger partial charge in [0.2, 0.25) is 0 Å². The normalized spacial score (nSPS) is 26.8. The minimum atomic E-state index is -0.528. The zero-order valence-electron chi connectivity index (χ0n) is 13.8. The highest BCUT2D eigenvalue weighted by Gasteiger charge is 2.41. The van der Waals surface area contributed by atoms with Crippen molar-refractivity contribution in [2.24, 2.45) is 5.92 Å². The fraction of sp³-hybridized carbons (Fsp3) is 0.588. The molecule has 0 saturated carbocycles. The molecule has 0 spiro atoms. The Morgan fingerprint density at radius 2 is 2.13 bits per heavy atom. The Kier molecular flexibility index (Phi) is 4.21. The molecule has 1 aromatic rings. The third-order valence-corrected chi connectivity index (χ3v) is 4.07. The van der Waals surface area contributed by atoms with Gasteiger partial charge in [-0.2, -0.15) is 0 Å². The van der Waals surface area contributed by atoms with E-state index in [0.29, 0.717) is 23.8 Å². The molecule has 0 aromatic heterocycles. The highest BCUT2D eigenvalue weighted by atomic mass is 16.7. The molecule has 6 heteroatoms. The number of carbonyl (C=O) groups excluding carboxylic acids is 1. The summed E-state index contributed by atoms with van der Waals surface area (Å²) in [5.41, 5.74) is 7.33. The fourth-order valence-electron chi connectivity index (χ4n) is 2.96. The first kappa shape index (κ1) is 16.1. The molecule has 1 aromatic carbocycles. The van der Waals surface area contributed by atoms with Crippen LogP contribution >= 0.6 is 0 Å². The molecule has 2 saturated heterocycles. The van der Waals surface area contributed by atoms with E-state index in [1.54, 1.807) is 18.2 Å². The number of fused-ring (bicyclic) bond motifs is 1. The lowest BCUT2D eigenvalue weighted by molar-refractivity contribution is -0.0904. The van der Waals surface area contributed by atoms with E-state index in [1.165, 1.54) is 0 Å². The van der Waals surface area contributed by atoms with Crippen LogP contribution in [0.15, 0.2) is 18.2 Å². The summed E-state index contributed by atoms with van der Waals surface area (Å²) in [6.45, 7) is 6.83. The van der Waals surface area contributed by atoms with Gasteiger partial charge in [-0.05, 0) is 45.4 Å². The molecular weight excluding hydrogens is 296 g/mol. The number of benzene rings is 1. The van der Waals surface area contributed by atoms with Crippen molar-refractivity contribution in [1.82, 2.24) is 0 Å². The average molecular weight is 320 g/mol. The van der Waals surface area contributed by atoms with E-state index >= 15 is 0 Å². The van der Waals surface area contributed by atoms with Crippen LogP contribution < -0.4 is 11.1 Å². The summed E-state index contributed by atoms with van der Waals surface area (Å²) in [5.74, 6) is -0.0371. The highest BCUT2D eigenvalue weighted by molar-refractivity contribution is 5.92. The van der Waals surface area contributed by atoms with E-state index in [-0.39, 0.29) is 18.3 Å². The molecule has 2 heterocycles. The zero-order chi connectivity index (χ0) is 16.6. The Labute approximate surface area is 136 Å². The van der Waals surface area contributed by atoms with Gasteiger partial charge in [0, 0.05) is 5.92 Å². The number of ether oxygens (including phenoxy) is 3. The van der Waals surface area contributed by atoms with Crippen molar-refractivity contribution in [2.45, 2.75) is 45.1 Å². The van der Waals surface area contributed by atoms with Crippen LogP contribution in [0.25, 0.3) is 0 Å². The van der Waals surface area contributed by atoms with E-state index in [9.17, 15) is 4.79 Å². The van der Waals surface area contributed by atoms with Crippen molar-refractivity contribution < 1.29 is 19.0 Å². The monoisotopic (exact) mass is 320 g/mol. The maximum Gasteiger partial charge on any atom is 0.338 e. The predicted octanol–water partition coefficient (Wildman–Crippen LogP) is 2.40. The second kappa shape index (κ2) is 6.02. The topological polar surface area (TPSA) is 82.8 Å².